The molecule has 2 aliphatic carbocycles. The minimum absolute atomic E-state index is 0.0925. The molecule has 0 aliphatic heterocycles. The lowest BCUT2D eigenvalue weighted by molar-refractivity contribution is -0.143. The van der Waals surface area contributed by atoms with Crippen LogP contribution >= 0.6 is 0 Å². The number of nitrogens with zero attached hydrogens (tertiary/aromatic N) is 2. The Balaban J connectivity index is 0.00000167. The third-order valence-electron chi connectivity index (χ3n) is 6.88. The summed E-state index contributed by atoms with van der Waals surface area (Å²) in [6.45, 7) is 5.92. The number of aryl methyl sites for hydroxylation is 1. The lowest BCUT2D eigenvalue weighted by atomic mass is 9.87. The maximum Gasteiger partial charge on any atom is 0.410 e. The lowest BCUT2D eigenvalue weighted by Gasteiger charge is -2.27. The van der Waals surface area contributed by atoms with E-state index >= 15 is 0 Å². The number of hydrogen-bond donors (Lipinski definition) is 1. The van der Waals surface area contributed by atoms with Crippen molar-refractivity contribution in [3.8, 4) is 17.1 Å². The van der Waals surface area contributed by atoms with Gasteiger partial charge in [-0.2, -0.15) is 0 Å². The van der Waals surface area contributed by atoms with Gasteiger partial charge >= 0.3 is 12.1 Å². The van der Waals surface area contributed by atoms with Crippen LogP contribution in [0.4, 0.5) is 4.79 Å². The minimum atomic E-state index is -0.748. The highest BCUT2D eigenvalue weighted by Gasteiger charge is 2.28. The van der Waals surface area contributed by atoms with Crippen molar-refractivity contribution < 1.29 is 28.7 Å². The van der Waals surface area contributed by atoms with Crippen LogP contribution in [0.5, 0.6) is 5.75 Å². The Bertz CT molecular complexity index is 965. The fourth-order valence-electron chi connectivity index (χ4n) is 4.82. The quantitative estimate of drug-likeness (QED) is 0.496. The number of carbonyl (C=O) groups is 2. The summed E-state index contributed by atoms with van der Waals surface area (Å²) in [7, 11) is 1.80. The third kappa shape index (κ3) is 6.77. The van der Waals surface area contributed by atoms with Crippen LogP contribution in [-0.4, -0.2) is 46.4 Å². The Morgan fingerprint density at radius 1 is 1.09 bits per heavy atom. The lowest BCUT2D eigenvalue weighted by Crippen LogP contribution is -2.35. The second-order valence-corrected chi connectivity index (χ2v) is 9.15. The molecule has 192 valence electrons. The molecule has 1 heterocycles. The summed E-state index contributed by atoms with van der Waals surface area (Å²) >= 11 is 0. The van der Waals surface area contributed by atoms with Crippen LogP contribution < -0.4 is 4.74 Å². The monoisotopic (exact) mass is 486 g/mol. The van der Waals surface area contributed by atoms with Crippen molar-refractivity contribution in [2.45, 2.75) is 90.9 Å². The van der Waals surface area contributed by atoms with Gasteiger partial charge in [0, 0.05) is 18.7 Å². The topological polar surface area (TPSA) is 102 Å². The van der Waals surface area contributed by atoms with Crippen LogP contribution in [0.15, 0.2) is 28.8 Å². The highest BCUT2D eigenvalue weighted by atomic mass is 16.6. The van der Waals surface area contributed by atoms with Crippen LogP contribution in [0, 0.1) is 12.8 Å². The number of rotatable bonds is 7. The molecule has 2 atom stereocenters. The molecule has 0 bridgehead atoms. The molecule has 1 amide bonds. The van der Waals surface area contributed by atoms with Crippen molar-refractivity contribution >= 4 is 12.1 Å². The van der Waals surface area contributed by atoms with E-state index in [9.17, 15) is 14.7 Å². The van der Waals surface area contributed by atoms with Crippen molar-refractivity contribution in [3.63, 3.8) is 0 Å². The second kappa shape index (κ2) is 12.6. The van der Waals surface area contributed by atoms with E-state index in [1.807, 2.05) is 45.0 Å². The summed E-state index contributed by atoms with van der Waals surface area (Å²) in [6.07, 6.45) is 6.88. The van der Waals surface area contributed by atoms with Crippen molar-refractivity contribution in [1.29, 1.82) is 0 Å². The zero-order chi connectivity index (χ0) is 25.4. The smallest absolute Gasteiger partial charge is 0.410 e. The first-order chi connectivity index (χ1) is 16.9. The number of benzene rings is 1. The Morgan fingerprint density at radius 3 is 2.43 bits per heavy atom. The number of hydrogen-bond acceptors (Lipinski definition) is 6. The Labute approximate surface area is 207 Å². The molecule has 35 heavy (non-hydrogen) atoms. The van der Waals surface area contributed by atoms with Crippen molar-refractivity contribution in [2.24, 2.45) is 5.92 Å². The van der Waals surface area contributed by atoms with E-state index < -0.39 is 5.97 Å². The van der Waals surface area contributed by atoms with Gasteiger partial charge in [0.15, 0.2) is 5.76 Å². The van der Waals surface area contributed by atoms with Gasteiger partial charge in [-0.15, -0.1) is 0 Å². The molecule has 0 radical (unpaired) electrons. The van der Waals surface area contributed by atoms with Gasteiger partial charge < -0.3 is 24.0 Å². The van der Waals surface area contributed by atoms with E-state index in [2.05, 4.69) is 5.16 Å². The molecule has 2 aliphatic rings. The van der Waals surface area contributed by atoms with Crippen molar-refractivity contribution in [3.05, 3.63) is 35.5 Å². The van der Waals surface area contributed by atoms with Gasteiger partial charge in [0.1, 0.15) is 12.4 Å². The van der Waals surface area contributed by atoms with E-state index in [-0.39, 0.29) is 30.8 Å². The minimum Gasteiger partial charge on any atom is -0.490 e. The zero-order valence-corrected chi connectivity index (χ0v) is 21.3. The number of carboxylic acids is 1. The third-order valence-corrected chi connectivity index (χ3v) is 6.88. The standard InChI is InChI=1S/C25H32N2O6.C2H6/c1-16-22(15-31-25(30)27(2)19-7-3-4-8-19)23(33-26-16)17-10-12-20(13-11-17)32-21-9-5-6-18(14-21)24(28)29;1-2/h10-13,18-19,21H,3-9,14-15H2,1-2H3,(H,28,29);1-2H3. The SMILES string of the molecule is CC.Cc1noc(-c2ccc(OC3CCCC(C(=O)O)C3)cc2)c1COC(=O)N(C)C1CCCC1. The first-order valence-corrected chi connectivity index (χ1v) is 12.8. The molecule has 0 saturated heterocycles. The summed E-state index contributed by atoms with van der Waals surface area (Å²) < 4.78 is 17.1. The van der Waals surface area contributed by atoms with E-state index in [0.29, 0.717) is 30.0 Å². The molecule has 1 N–H and O–H groups in total. The first kappa shape index (κ1) is 26.6. The molecule has 8 nitrogen and oxygen atoms in total. The fraction of sp³-hybridized carbons (Fsp3) is 0.593. The summed E-state index contributed by atoms with van der Waals surface area (Å²) in [5.74, 6) is 0.177. The van der Waals surface area contributed by atoms with Gasteiger partial charge in [-0.1, -0.05) is 31.8 Å². The van der Waals surface area contributed by atoms with Crippen molar-refractivity contribution in [1.82, 2.24) is 10.1 Å². The van der Waals surface area contributed by atoms with E-state index in [1.165, 1.54) is 0 Å². The Morgan fingerprint density at radius 2 is 1.77 bits per heavy atom. The average molecular weight is 487 g/mol. The summed E-state index contributed by atoms with van der Waals surface area (Å²) in [4.78, 5) is 25.5. The van der Waals surface area contributed by atoms with Crippen LogP contribution in [0.1, 0.15) is 76.5 Å². The highest BCUT2D eigenvalue weighted by Crippen LogP contribution is 2.31. The van der Waals surface area contributed by atoms with E-state index in [4.69, 9.17) is 14.0 Å². The molecule has 2 unspecified atom stereocenters. The maximum absolute atomic E-state index is 12.5. The molecule has 4 rings (SSSR count). The Kier molecular flexibility index (Phi) is 9.57. The van der Waals surface area contributed by atoms with Crippen LogP contribution in [0.2, 0.25) is 0 Å². The fourth-order valence-corrected chi connectivity index (χ4v) is 4.82. The molecular formula is C27H38N2O6. The predicted molar refractivity (Wildman–Crippen MR) is 132 cm³/mol. The molecule has 2 fully saturated rings. The molecule has 1 aromatic heterocycles. The first-order valence-electron chi connectivity index (χ1n) is 12.8. The highest BCUT2D eigenvalue weighted by molar-refractivity contribution is 5.70. The largest absolute Gasteiger partial charge is 0.490 e. The second-order valence-electron chi connectivity index (χ2n) is 9.15. The van der Waals surface area contributed by atoms with Crippen LogP contribution in [0.25, 0.3) is 11.3 Å². The van der Waals surface area contributed by atoms with E-state index in [0.717, 1.165) is 49.7 Å². The molecular weight excluding hydrogens is 448 g/mol. The van der Waals surface area contributed by atoms with Gasteiger partial charge in [-0.05, 0) is 69.7 Å². The summed E-state index contributed by atoms with van der Waals surface area (Å²) in [5, 5.41) is 13.3. The van der Waals surface area contributed by atoms with Crippen LogP contribution in [0.3, 0.4) is 0 Å². The number of amides is 1. The zero-order valence-electron chi connectivity index (χ0n) is 21.3. The normalized spacial score (nSPS) is 20.0. The summed E-state index contributed by atoms with van der Waals surface area (Å²) in [5.41, 5.74) is 2.24. The molecule has 1 aromatic carbocycles. The molecule has 2 saturated carbocycles. The van der Waals surface area contributed by atoms with Gasteiger partial charge in [0.2, 0.25) is 0 Å². The maximum atomic E-state index is 12.5. The molecule has 2 aromatic rings. The van der Waals surface area contributed by atoms with Gasteiger partial charge in [-0.25, -0.2) is 4.79 Å². The van der Waals surface area contributed by atoms with Gasteiger partial charge in [-0.3, -0.25) is 4.79 Å². The average Bonchev–Trinajstić information content (AvgIpc) is 3.54. The summed E-state index contributed by atoms with van der Waals surface area (Å²) in [6, 6.07) is 7.71. The Hall–Kier alpha value is -3.03. The van der Waals surface area contributed by atoms with Gasteiger partial charge in [0.25, 0.3) is 0 Å². The number of carbonyl (C=O) groups excluding carboxylic acids is 1. The van der Waals surface area contributed by atoms with Gasteiger partial charge in [0.05, 0.1) is 23.3 Å². The predicted octanol–water partition coefficient (Wildman–Crippen LogP) is 6.21. The number of aliphatic carboxylic acids is 1. The van der Waals surface area contributed by atoms with Crippen molar-refractivity contribution in [2.75, 3.05) is 7.05 Å². The molecule has 8 heteroatoms. The molecule has 0 spiro atoms. The van der Waals surface area contributed by atoms with E-state index in [1.54, 1.807) is 11.9 Å². The van der Waals surface area contributed by atoms with Crippen LogP contribution in [-0.2, 0) is 16.1 Å². The number of carboxylic acid groups (broad SMARTS) is 1. The number of aromatic nitrogens is 1. The number of ether oxygens (including phenoxy) is 2.